The highest BCUT2D eigenvalue weighted by molar-refractivity contribution is 6.32. The molecule has 0 atom stereocenters. The zero-order valence-electron chi connectivity index (χ0n) is 18.0. The first-order valence-corrected chi connectivity index (χ1v) is 11.6. The van der Waals surface area contributed by atoms with Crippen molar-refractivity contribution in [3.05, 3.63) is 92.5 Å². The molecule has 2 aliphatic rings. The minimum Gasteiger partial charge on any atom is -0.440 e. The Morgan fingerprint density at radius 3 is 1.83 bits per heavy atom. The van der Waals surface area contributed by atoms with Gasteiger partial charge in [0.05, 0.1) is 21.2 Å². The fourth-order valence-corrected chi connectivity index (χ4v) is 4.88. The number of rotatable bonds is 3. The largest absolute Gasteiger partial charge is 0.440 e. The number of piperidine rings is 1. The van der Waals surface area contributed by atoms with Gasteiger partial charge in [0.15, 0.2) is 34.8 Å². The molecule has 3 aromatic carbocycles. The number of carbonyl (C=O) groups is 1. The Morgan fingerprint density at radius 1 is 0.743 bits per heavy atom. The maximum Gasteiger partial charge on any atom is 0.308 e. The Morgan fingerprint density at radius 2 is 1.26 bits per heavy atom. The molecule has 0 bridgehead atoms. The van der Waals surface area contributed by atoms with Gasteiger partial charge in [0.1, 0.15) is 0 Å². The zero-order chi connectivity index (χ0) is 24.9. The molecule has 2 heterocycles. The van der Waals surface area contributed by atoms with E-state index in [9.17, 15) is 22.4 Å². The molecule has 4 nitrogen and oxygen atoms in total. The number of benzene rings is 3. The van der Waals surface area contributed by atoms with Gasteiger partial charge in [0.2, 0.25) is 0 Å². The van der Waals surface area contributed by atoms with Crippen LogP contribution in [0.3, 0.4) is 0 Å². The van der Waals surface area contributed by atoms with Crippen molar-refractivity contribution in [1.29, 1.82) is 0 Å². The molecule has 10 heteroatoms. The average molecular weight is 526 g/mol. The SMILES string of the molecule is O=C(c1ccc2c(c1)OC(c1cc(F)c(F)cc1Cl)(c1cc(F)c(F)cc1Cl)O2)N1CCCCC1. The minimum atomic E-state index is -2.19. The molecule has 0 aliphatic carbocycles. The first-order valence-electron chi connectivity index (χ1n) is 10.8. The Hall–Kier alpha value is -2.97. The summed E-state index contributed by atoms with van der Waals surface area (Å²) in [5.41, 5.74) is -0.144. The van der Waals surface area contributed by atoms with Gasteiger partial charge in [0.25, 0.3) is 5.91 Å². The van der Waals surface area contributed by atoms with Crippen LogP contribution in [0.25, 0.3) is 0 Å². The third kappa shape index (κ3) is 4.08. The lowest BCUT2D eigenvalue weighted by atomic mass is 9.96. The van der Waals surface area contributed by atoms with Crippen molar-refractivity contribution in [2.24, 2.45) is 0 Å². The summed E-state index contributed by atoms with van der Waals surface area (Å²) in [6.45, 7) is 1.26. The minimum absolute atomic E-state index is 0.0643. The molecule has 1 amide bonds. The van der Waals surface area contributed by atoms with E-state index in [1.807, 2.05) is 0 Å². The zero-order valence-corrected chi connectivity index (χ0v) is 19.5. The van der Waals surface area contributed by atoms with Crippen LogP contribution in [0.4, 0.5) is 17.6 Å². The fraction of sp³-hybridized carbons (Fsp3) is 0.240. The van der Waals surface area contributed by atoms with E-state index in [1.165, 1.54) is 18.2 Å². The summed E-state index contributed by atoms with van der Waals surface area (Å²) in [4.78, 5) is 14.7. The van der Waals surface area contributed by atoms with Crippen LogP contribution in [0.15, 0.2) is 42.5 Å². The molecular formula is C25H17Cl2F4NO3. The topological polar surface area (TPSA) is 38.8 Å². The number of hydrogen-bond acceptors (Lipinski definition) is 3. The van der Waals surface area contributed by atoms with Crippen LogP contribution in [0, 0.1) is 23.3 Å². The van der Waals surface area contributed by atoms with Gasteiger partial charge in [-0.3, -0.25) is 4.79 Å². The summed E-state index contributed by atoms with van der Waals surface area (Å²) >= 11 is 12.5. The molecule has 0 radical (unpaired) electrons. The van der Waals surface area contributed by atoms with Crippen LogP contribution in [-0.2, 0) is 5.79 Å². The van der Waals surface area contributed by atoms with E-state index in [1.54, 1.807) is 4.90 Å². The predicted octanol–water partition coefficient (Wildman–Crippen LogP) is 6.85. The highest BCUT2D eigenvalue weighted by Crippen LogP contribution is 2.51. The second kappa shape index (κ2) is 8.91. The van der Waals surface area contributed by atoms with Gasteiger partial charge in [-0.1, -0.05) is 23.2 Å². The third-order valence-corrected chi connectivity index (χ3v) is 6.70. The lowest BCUT2D eigenvalue weighted by molar-refractivity contribution is -0.0463. The molecule has 1 saturated heterocycles. The number of halogens is 6. The van der Waals surface area contributed by atoms with Gasteiger partial charge in [-0.25, -0.2) is 17.6 Å². The van der Waals surface area contributed by atoms with E-state index in [-0.39, 0.29) is 38.6 Å². The molecule has 0 spiro atoms. The van der Waals surface area contributed by atoms with E-state index in [0.717, 1.165) is 31.4 Å². The lowest BCUT2D eigenvalue weighted by Crippen LogP contribution is -2.38. The van der Waals surface area contributed by atoms with E-state index in [4.69, 9.17) is 32.7 Å². The predicted molar refractivity (Wildman–Crippen MR) is 121 cm³/mol. The molecule has 182 valence electrons. The van der Waals surface area contributed by atoms with Gasteiger partial charge in [-0.2, -0.15) is 0 Å². The van der Waals surface area contributed by atoms with Crippen molar-refractivity contribution >= 4 is 29.1 Å². The number of nitrogens with zero attached hydrogens (tertiary/aromatic N) is 1. The first kappa shape index (κ1) is 23.8. The number of carbonyl (C=O) groups excluding carboxylic acids is 1. The number of likely N-dealkylation sites (tertiary alicyclic amines) is 1. The van der Waals surface area contributed by atoms with Crippen LogP contribution < -0.4 is 9.47 Å². The lowest BCUT2D eigenvalue weighted by Gasteiger charge is -2.30. The summed E-state index contributed by atoms with van der Waals surface area (Å²) in [6.07, 6.45) is 2.86. The summed E-state index contributed by atoms with van der Waals surface area (Å²) in [7, 11) is 0. The molecule has 0 aromatic heterocycles. The summed E-state index contributed by atoms with van der Waals surface area (Å²) in [6, 6.07) is 7.34. The summed E-state index contributed by atoms with van der Waals surface area (Å²) in [5, 5.41) is -0.607. The van der Waals surface area contributed by atoms with Crippen LogP contribution in [-0.4, -0.2) is 23.9 Å². The van der Waals surface area contributed by atoms with E-state index < -0.39 is 29.1 Å². The molecule has 5 rings (SSSR count). The first-order chi connectivity index (χ1) is 16.7. The van der Waals surface area contributed by atoms with E-state index >= 15 is 0 Å². The summed E-state index contributed by atoms with van der Waals surface area (Å²) < 4.78 is 68.3. The Labute approximate surface area is 208 Å². The van der Waals surface area contributed by atoms with Gasteiger partial charge in [-0.15, -0.1) is 0 Å². The number of hydrogen-bond donors (Lipinski definition) is 0. The number of ether oxygens (including phenoxy) is 2. The van der Waals surface area contributed by atoms with Crippen molar-refractivity contribution < 1.29 is 31.8 Å². The van der Waals surface area contributed by atoms with Crippen molar-refractivity contribution in [2.75, 3.05) is 13.1 Å². The summed E-state index contributed by atoms with van der Waals surface area (Å²) in [5.74, 6) is -7.21. The Bertz CT molecular complexity index is 1290. The van der Waals surface area contributed by atoms with Gasteiger partial charge in [-0.05, 0) is 61.7 Å². The Balaban J connectivity index is 1.63. The van der Waals surface area contributed by atoms with Crippen molar-refractivity contribution in [1.82, 2.24) is 4.90 Å². The number of fused-ring (bicyclic) bond motifs is 1. The molecular weight excluding hydrogens is 509 g/mol. The van der Waals surface area contributed by atoms with E-state index in [2.05, 4.69) is 0 Å². The van der Waals surface area contributed by atoms with Crippen LogP contribution >= 0.6 is 23.2 Å². The van der Waals surface area contributed by atoms with Crippen molar-refractivity contribution in [3.8, 4) is 11.5 Å². The van der Waals surface area contributed by atoms with Crippen molar-refractivity contribution in [2.45, 2.75) is 25.0 Å². The van der Waals surface area contributed by atoms with Gasteiger partial charge < -0.3 is 14.4 Å². The smallest absolute Gasteiger partial charge is 0.308 e. The number of amides is 1. The molecule has 3 aromatic rings. The maximum absolute atomic E-state index is 14.3. The molecule has 1 fully saturated rings. The standard InChI is InChI=1S/C25H17Cl2F4NO3/c26-16-11-20(30)18(28)9-14(16)25(15-10-19(29)21(31)12-17(15)27)34-22-5-4-13(8-23(22)35-25)24(33)32-6-2-1-3-7-32/h4-5,8-12H,1-3,6-7H2. The molecule has 2 aliphatic heterocycles. The van der Waals surface area contributed by atoms with Crippen LogP contribution in [0.2, 0.25) is 10.0 Å². The highest BCUT2D eigenvalue weighted by atomic mass is 35.5. The quantitative estimate of drug-likeness (QED) is 0.277. The monoisotopic (exact) mass is 525 g/mol. The Kier molecular flexibility index (Phi) is 6.05. The normalized spacial score (nSPS) is 16.5. The van der Waals surface area contributed by atoms with E-state index in [0.29, 0.717) is 30.8 Å². The molecule has 0 saturated carbocycles. The fourth-order valence-electron chi connectivity index (χ4n) is 4.33. The third-order valence-electron chi connectivity index (χ3n) is 6.07. The second-order valence-electron chi connectivity index (χ2n) is 8.33. The second-order valence-corrected chi connectivity index (χ2v) is 9.14. The molecule has 0 unspecified atom stereocenters. The van der Waals surface area contributed by atoms with Gasteiger partial charge >= 0.3 is 5.79 Å². The van der Waals surface area contributed by atoms with Crippen LogP contribution in [0.1, 0.15) is 40.7 Å². The van der Waals surface area contributed by atoms with Gasteiger partial charge in [0, 0.05) is 18.7 Å². The maximum atomic E-state index is 14.3. The molecule has 35 heavy (non-hydrogen) atoms. The highest BCUT2D eigenvalue weighted by Gasteiger charge is 2.49. The molecule has 0 N–H and O–H groups in total. The van der Waals surface area contributed by atoms with Crippen molar-refractivity contribution in [3.63, 3.8) is 0 Å². The van der Waals surface area contributed by atoms with Crippen LogP contribution in [0.5, 0.6) is 11.5 Å². The average Bonchev–Trinajstić information content (AvgIpc) is 3.23.